The molecule has 21 heavy (non-hydrogen) atoms. The van der Waals surface area contributed by atoms with Crippen LogP contribution in [0, 0.1) is 6.92 Å². The van der Waals surface area contributed by atoms with Crippen LogP contribution in [0.25, 0.3) is 5.70 Å². The summed E-state index contributed by atoms with van der Waals surface area (Å²) in [4.78, 5) is 2.10. The van der Waals surface area contributed by atoms with Gasteiger partial charge < -0.3 is 4.90 Å². The summed E-state index contributed by atoms with van der Waals surface area (Å²) < 4.78 is 0. The van der Waals surface area contributed by atoms with Crippen LogP contribution in [0.5, 0.6) is 0 Å². The van der Waals surface area contributed by atoms with E-state index in [1.165, 1.54) is 22.3 Å². The Bertz CT molecular complexity index is 623. The van der Waals surface area contributed by atoms with E-state index >= 15 is 0 Å². The molecular weight excluding hydrogens is 254 g/mol. The first kappa shape index (κ1) is 15.1. The quantitative estimate of drug-likeness (QED) is 0.703. The molecule has 0 atom stereocenters. The van der Waals surface area contributed by atoms with Crippen LogP contribution in [0.4, 0.5) is 0 Å². The van der Waals surface area contributed by atoms with E-state index in [0.29, 0.717) is 0 Å². The van der Waals surface area contributed by atoms with Crippen LogP contribution in [0.2, 0.25) is 0 Å². The Balaban J connectivity index is 2.17. The van der Waals surface area contributed by atoms with Crippen LogP contribution >= 0.6 is 0 Å². The predicted octanol–water partition coefficient (Wildman–Crippen LogP) is 5.17. The molecule has 0 aliphatic carbocycles. The number of hydrogen-bond donors (Lipinski definition) is 0. The molecule has 0 aliphatic rings. The molecule has 0 heterocycles. The first-order chi connectivity index (χ1) is 10.2. The van der Waals surface area contributed by atoms with Gasteiger partial charge in [0.25, 0.3) is 0 Å². The van der Waals surface area contributed by atoms with Crippen molar-refractivity contribution in [1.29, 1.82) is 0 Å². The Morgan fingerprint density at radius 2 is 1.67 bits per heavy atom. The van der Waals surface area contributed by atoms with Gasteiger partial charge in [0.2, 0.25) is 0 Å². The Labute approximate surface area is 128 Å². The van der Waals surface area contributed by atoms with E-state index in [2.05, 4.69) is 68.3 Å². The third-order valence-corrected chi connectivity index (χ3v) is 3.81. The number of hydrogen-bond acceptors (Lipinski definition) is 1. The van der Waals surface area contributed by atoms with Gasteiger partial charge in [0.15, 0.2) is 0 Å². The molecule has 0 aromatic heterocycles. The number of rotatable bonds is 6. The molecule has 0 fully saturated rings. The smallest absolute Gasteiger partial charge is 0.0475 e. The van der Waals surface area contributed by atoms with Crippen LogP contribution in [-0.4, -0.2) is 4.90 Å². The molecule has 2 aromatic carbocycles. The second kappa shape index (κ2) is 6.94. The molecule has 0 saturated carbocycles. The summed E-state index contributed by atoms with van der Waals surface area (Å²) in [6, 6.07) is 17.0. The molecule has 0 spiro atoms. The average Bonchev–Trinajstić information content (AvgIpc) is 2.53. The average molecular weight is 277 g/mol. The van der Waals surface area contributed by atoms with E-state index < -0.39 is 0 Å². The minimum atomic E-state index is 0.792. The first-order valence-electron chi connectivity index (χ1n) is 7.37. The molecule has 0 saturated heterocycles. The lowest BCUT2D eigenvalue weighted by atomic mass is 10.0. The van der Waals surface area contributed by atoms with E-state index in [4.69, 9.17) is 0 Å². The van der Waals surface area contributed by atoms with Crippen LogP contribution in [0.3, 0.4) is 0 Å². The van der Waals surface area contributed by atoms with Gasteiger partial charge in [-0.1, -0.05) is 68.6 Å². The van der Waals surface area contributed by atoms with Crippen molar-refractivity contribution in [2.75, 3.05) is 0 Å². The molecular formula is C20H23N. The molecule has 0 bridgehead atoms. The summed E-state index contributed by atoms with van der Waals surface area (Å²) in [5, 5.41) is 0. The lowest BCUT2D eigenvalue weighted by Gasteiger charge is -2.24. The Hall–Kier alpha value is -2.28. The monoisotopic (exact) mass is 277 g/mol. The molecule has 0 N–H and O–H groups in total. The van der Waals surface area contributed by atoms with Gasteiger partial charge in [-0.25, -0.2) is 0 Å². The SMILES string of the molecule is C=CN(Cc1ccc(CC)cc1)C(=C)c1ccccc1C. The Morgan fingerprint density at radius 1 is 1.05 bits per heavy atom. The second-order valence-electron chi connectivity index (χ2n) is 5.24. The zero-order valence-corrected chi connectivity index (χ0v) is 13.0. The lowest BCUT2D eigenvalue weighted by Crippen LogP contribution is -2.14. The molecule has 1 nitrogen and oxygen atoms in total. The summed E-state index contributed by atoms with van der Waals surface area (Å²) in [5.41, 5.74) is 6.02. The van der Waals surface area contributed by atoms with Crippen molar-refractivity contribution < 1.29 is 0 Å². The van der Waals surface area contributed by atoms with Gasteiger partial charge in [0.05, 0.1) is 0 Å². The van der Waals surface area contributed by atoms with Crippen LogP contribution < -0.4 is 0 Å². The van der Waals surface area contributed by atoms with Crippen molar-refractivity contribution in [2.24, 2.45) is 0 Å². The Morgan fingerprint density at radius 3 is 2.24 bits per heavy atom. The van der Waals surface area contributed by atoms with E-state index in [1.54, 1.807) is 0 Å². The number of nitrogens with zero attached hydrogens (tertiary/aromatic N) is 1. The molecule has 2 aromatic rings. The topological polar surface area (TPSA) is 3.24 Å². The zero-order chi connectivity index (χ0) is 15.2. The third kappa shape index (κ3) is 3.63. The Kier molecular flexibility index (Phi) is 4.99. The molecule has 0 aliphatic heterocycles. The standard InChI is InChI=1S/C20H23N/c1-5-18-11-13-19(14-12-18)15-21(6-2)17(4)20-10-8-7-9-16(20)3/h6-14H,2,4-5,15H2,1,3H3. The molecule has 2 rings (SSSR count). The molecule has 1 heteroatoms. The second-order valence-corrected chi connectivity index (χ2v) is 5.24. The minimum absolute atomic E-state index is 0.792. The van der Waals surface area contributed by atoms with Gasteiger partial charge in [-0.3, -0.25) is 0 Å². The maximum Gasteiger partial charge on any atom is 0.0475 e. The van der Waals surface area contributed by atoms with Gasteiger partial charge in [-0.2, -0.15) is 0 Å². The van der Waals surface area contributed by atoms with E-state index in [0.717, 1.165) is 18.7 Å². The fraction of sp³-hybridized carbons (Fsp3) is 0.200. The van der Waals surface area contributed by atoms with Gasteiger partial charge in [0.1, 0.15) is 0 Å². The van der Waals surface area contributed by atoms with Gasteiger partial charge >= 0.3 is 0 Å². The van der Waals surface area contributed by atoms with Gasteiger partial charge in [0, 0.05) is 17.8 Å². The molecule has 0 unspecified atom stereocenters. The lowest BCUT2D eigenvalue weighted by molar-refractivity contribution is 0.528. The highest BCUT2D eigenvalue weighted by Gasteiger charge is 2.09. The van der Waals surface area contributed by atoms with E-state index in [9.17, 15) is 0 Å². The summed E-state index contributed by atoms with van der Waals surface area (Å²) in [6.07, 6.45) is 2.92. The maximum absolute atomic E-state index is 4.24. The van der Waals surface area contributed by atoms with Crippen molar-refractivity contribution >= 4 is 5.70 Å². The summed E-state index contributed by atoms with van der Waals surface area (Å²) >= 11 is 0. The van der Waals surface area contributed by atoms with Crippen molar-refractivity contribution in [3.05, 3.63) is 90.1 Å². The summed E-state index contributed by atoms with van der Waals surface area (Å²) in [5.74, 6) is 0. The number of aryl methyl sites for hydroxylation is 2. The molecule has 0 amide bonds. The highest BCUT2D eigenvalue weighted by molar-refractivity contribution is 5.65. The largest absolute Gasteiger partial charge is 0.344 e. The predicted molar refractivity (Wildman–Crippen MR) is 91.8 cm³/mol. The summed E-state index contributed by atoms with van der Waals surface area (Å²) in [6.45, 7) is 13.2. The van der Waals surface area contributed by atoms with Crippen molar-refractivity contribution in [3.8, 4) is 0 Å². The molecule has 108 valence electrons. The summed E-state index contributed by atoms with van der Waals surface area (Å²) in [7, 11) is 0. The van der Waals surface area contributed by atoms with E-state index in [-0.39, 0.29) is 0 Å². The van der Waals surface area contributed by atoms with Gasteiger partial charge in [-0.15, -0.1) is 0 Å². The highest BCUT2D eigenvalue weighted by Crippen LogP contribution is 2.23. The zero-order valence-electron chi connectivity index (χ0n) is 13.0. The maximum atomic E-state index is 4.24. The van der Waals surface area contributed by atoms with Crippen molar-refractivity contribution in [3.63, 3.8) is 0 Å². The van der Waals surface area contributed by atoms with Crippen LogP contribution in [-0.2, 0) is 13.0 Å². The molecule has 0 radical (unpaired) electrons. The third-order valence-electron chi connectivity index (χ3n) is 3.81. The normalized spacial score (nSPS) is 10.2. The van der Waals surface area contributed by atoms with Crippen LogP contribution in [0.15, 0.2) is 67.9 Å². The first-order valence-corrected chi connectivity index (χ1v) is 7.37. The fourth-order valence-electron chi connectivity index (χ4n) is 2.40. The highest BCUT2D eigenvalue weighted by atomic mass is 15.1. The van der Waals surface area contributed by atoms with E-state index in [1.807, 2.05) is 18.3 Å². The van der Waals surface area contributed by atoms with Gasteiger partial charge in [-0.05, 0) is 36.2 Å². The number of benzene rings is 2. The minimum Gasteiger partial charge on any atom is -0.344 e. The fourth-order valence-corrected chi connectivity index (χ4v) is 2.40. The van der Waals surface area contributed by atoms with Crippen molar-refractivity contribution in [1.82, 2.24) is 4.90 Å². The van der Waals surface area contributed by atoms with Crippen molar-refractivity contribution in [2.45, 2.75) is 26.8 Å². The van der Waals surface area contributed by atoms with Crippen LogP contribution in [0.1, 0.15) is 29.2 Å².